The molecule has 0 saturated heterocycles. The average molecular weight is 826 g/mol. The number of allylic oxidation sites excluding steroid dienone is 10. The third kappa shape index (κ3) is 42.1. The van der Waals surface area contributed by atoms with E-state index in [1.165, 1.54) is 96.3 Å². The number of unbranched alkanes of at least 4 members (excludes halogenated alkanes) is 25. The number of hydrogen-bond acceptors (Lipinski definition) is 5. The van der Waals surface area contributed by atoms with Gasteiger partial charge in [-0.25, -0.2) is 0 Å². The molecule has 0 spiro atoms. The summed E-state index contributed by atoms with van der Waals surface area (Å²) in [6, 6.07) is -0.711. The summed E-state index contributed by atoms with van der Waals surface area (Å²) in [5.41, 5.74) is 0. The van der Waals surface area contributed by atoms with E-state index in [-0.39, 0.29) is 24.9 Å². The number of esters is 1. The van der Waals surface area contributed by atoms with Gasteiger partial charge in [0.1, 0.15) is 6.10 Å². The molecule has 0 rings (SSSR count). The normalized spacial score (nSPS) is 13.8. The second-order valence-corrected chi connectivity index (χ2v) is 16.9. The molecule has 0 aliphatic carbocycles. The van der Waals surface area contributed by atoms with Crippen LogP contribution in [-0.2, 0) is 14.3 Å². The topological polar surface area (TPSA) is 95.9 Å². The Morgan fingerprint density at radius 3 is 1.51 bits per heavy atom. The predicted octanol–water partition coefficient (Wildman–Crippen LogP) is 14.8. The molecule has 0 aromatic carbocycles. The highest BCUT2D eigenvalue weighted by Gasteiger charge is 2.24. The largest absolute Gasteiger partial charge is 0.462 e. The van der Waals surface area contributed by atoms with Gasteiger partial charge in [0.2, 0.25) is 5.91 Å². The highest BCUT2D eigenvalue weighted by atomic mass is 16.5. The summed E-state index contributed by atoms with van der Waals surface area (Å²) in [4.78, 5) is 26.0. The minimum absolute atomic E-state index is 0.0554. The van der Waals surface area contributed by atoms with Crippen LogP contribution in [0.5, 0.6) is 0 Å². The summed E-state index contributed by atoms with van der Waals surface area (Å²) in [5, 5.41) is 23.7. The molecule has 0 radical (unpaired) electrons. The predicted molar refractivity (Wildman–Crippen MR) is 255 cm³/mol. The zero-order chi connectivity index (χ0) is 43.1. The molecule has 0 saturated carbocycles. The van der Waals surface area contributed by atoms with E-state index >= 15 is 0 Å². The number of carbonyl (C=O) groups excluding carboxylic acids is 2. The first-order chi connectivity index (χ1) is 29.0. The van der Waals surface area contributed by atoms with E-state index in [4.69, 9.17) is 4.74 Å². The quantitative estimate of drug-likeness (QED) is 0.0246. The summed E-state index contributed by atoms with van der Waals surface area (Å²) < 4.78 is 5.89. The summed E-state index contributed by atoms with van der Waals surface area (Å²) in [5.74, 6) is -0.519. The van der Waals surface area contributed by atoms with Crippen molar-refractivity contribution < 1.29 is 24.5 Å². The lowest BCUT2D eigenvalue weighted by Gasteiger charge is -2.24. The van der Waals surface area contributed by atoms with Crippen molar-refractivity contribution in [1.82, 2.24) is 5.32 Å². The fraction of sp³-hybridized carbons (Fsp3) is 0.774. The van der Waals surface area contributed by atoms with Gasteiger partial charge in [-0.1, -0.05) is 223 Å². The van der Waals surface area contributed by atoms with Crippen LogP contribution in [0.2, 0.25) is 0 Å². The van der Waals surface area contributed by atoms with Crippen LogP contribution < -0.4 is 5.32 Å². The van der Waals surface area contributed by atoms with Gasteiger partial charge < -0.3 is 20.3 Å². The smallest absolute Gasteiger partial charge is 0.306 e. The van der Waals surface area contributed by atoms with Crippen molar-refractivity contribution >= 4 is 11.9 Å². The lowest BCUT2D eigenvalue weighted by molar-refractivity contribution is -0.151. The molecule has 0 fully saturated rings. The van der Waals surface area contributed by atoms with Crippen LogP contribution >= 0.6 is 0 Å². The Kier molecular flexibility index (Phi) is 44.7. The SMILES string of the molecule is CC/C=C/C=C/C=C/C=C\CCCCCCCC(=O)OC(CCCCC/C=C\CCCC)CC(=O)NC(CO)C(O)CCCCCCCCCCCCCCCCCC. The molecule has 6 nitrogen and oxygen atoms in total. The minimum Gasteiger partial charge on any atom is -0.462 e. The first-order valence-corrected chi connectivity index (χ1v) is 25.1. The maximum Gasteiger partial charge on any atom is 0.306 e. The molecule has 6 heteroatoms. The summed E-state index contributed by atoms with van der Waals surface area (Å²) in [7, 11) is 0. The van der Waals surface area contributed by atoms with E-state index in [0.717, 1.165) is 96.3 Å². The van der Waals surface area contributed by atoms with Gasteiger partial charge in [0.05, 0.1) is 25.2 Å². The van der Waals surface area contributed by atoms with Crippen molar-refractivity contribution in [3.63, 3.8) is 0 Å². The van der Waals surface area contributed by atoms with Crippen LogP contribution in [0.1, 0.15) is 239 Å². The molecular formula is C53H95NO5. The highest BCUT2D eigenvalue weighted by Crippen LogP contribution is 2.17. The Labute approximate surface area is 365 Å². The molecule has 342 valence electrons. The monoisotopic (exact) mass is 826 g/mol. The standard InChI is InChI=1S/C53H95NO5/c1-4-7-10-13-16-19-21-23-25-27-28-30-33-36-39-42-45-51(56)50(48-55)54-52(57)47-49(44-41-38-35-32-18-15-12-9-6-3)59-53(58)46-43-40-37-34-31-29-26-24-22-20-17-14-11-8-5-2/h8,11,14-15,17-18,20,22,24,26,49-51,55-56H,4-7,9-10,12-13,16,19,21,23,25,27-48H2,1-3H3,(H,54,57)/b11-8+,17-14+,18-15-,22-20+,26-24-. The highest BCUT2D eigenvalue weighted by molar-refractivity contribution is 5.77. The van der Waals surface area contributed by atoms with Gasteiger partial charge in [-0.15, -0.1) is 0 Å². The third-order valence-electron chi connectivity index (χ3n) is 11.2. The average Bonchev–Trinajstić information content (AvgIpc) is 3.23. The van der Waals surface area contributed by atoms with E-state index in [9.17, 15) is 19.8 Å². The Morgan fingerprint density at radius 2 is 0.949 bits per heavy atom. The second-order valence-electron chi connectivity index (χ2n) is 16.9. The van der Waals surface area contributed by atoms with Crippen LogP contribution in [-0.4, -0.2) is 46.9 Å². The van der Waals surface area contributed by atoms with Crippen molar-refractivity contribution in [3.05, 3.63) is 60.8 Å². The van der Waals surface area contributed by atoms with Gasteiger partial charge in [-0.05, 0) is 64.2 Å². The molecule has 1 amide bonds. The molecule has 0 bridgehead atoms. The lowest BCUT2D eigenvalue weighted by Crippen LogP contribution is -2.46. The van der Waals surface area contributed by atoms with Gasteiger partial charge >= 0.3 is 5.97 Å². The van der Waals surface area contributed by atoms with Crippen LogP contribution in [0.3, 0.4) is 0 Å². The van der Waals surface area contributed by atoms with Crippen LogP contribution in [0.4, 0.5) is 0 Å². The third-order valence-corrected chi connectivity index (χ3v) is 11.2. The molecule has 0 aliphatic heterocycles. The minimum atomic E-state index is -0.796. The summed E-state index contributed by atoms with van der Waals surface area (Å²) in [6.45, 7) is 6.29. The van der Waals surface area contributed by atoms with E-state index in [2.05, 4.69) is 68.6 Å². The van der Waals surface area contributed by atoms with Crippen molar-refractivity contribution in [2.75, 3.05) is 6.61 Å². The number of hydrogen-bond donors (Lipinski definition) is 3. The molecular weight excluding hydrogens is 731 g/mol. The van der Waals surface area contributed by atoms with Gasteiger partial charge in [0.15, 0.2) is 0 Å². The van der Waals surface area contributed by atoms with E-state index in [1.54, 1.807) is 0 Å². The number of aliphatic hydroxyl groups excluding tert-OH is 2. The maximum atomic E-state index is 13.2. The van der Waals surface area contributed by atoms with Crippen LogP contribution in [0.15, 0.2) is 60.8 Å². The van der Waals surface area contributed by atoms with E-state index < -0.39 is 18.2 Å². The lowest BCUT2D eigenvalue weighted by atomic mass is 10.0. The Morgan fingerprint density at radius 1 is 0.508 bits per heavy atom. The van der Waals surface area contributed by atoms with Gasteiger partial charge in [0.25, 0.3) is 0 Å². The van der Waals surface area contributed by atoms with Gasteiger partial charge in [0, 0.05) is 6.42 Å². The van der Waals surface area contributed by atoms with E-state index in [0.29, 0.717) is 19.3 Å². The Hall–Kier alpha value is -2.44. The number of nitrogens with one attached hydrogen (secondary N) is 1. The molecule has 3 N–H and O–H groups in total. The van der Waals surface area contributed by atoms with Crippen LogP contribution in [0.25, 0.3) is 0 Å². The molecule has 0 aliphatic rings. The second kappa shape index (κ2) is 46.6. The zero-order valence-electron chi connectivity index (χ0n) is 38.9. The van der Waals surface area contributed by atoms with Crippen LogP contribution in [0, 0.1) is 0 Å². The van der Waals surface area contributed by atoms with E-state index in [1.807, 2.05) is 18.2 Å². The number of carbonyl (C=O) groups is 2. The molecule has 3 unspecified atom stereocenters. The molecule has 0 aromatic rings. The molecule has 3 atom stereocenters. The fourth-order valence-electron chi connectivity index (χ4n) is 7.36. The molecule has 59 heavy (non-hydrogen) atoms. The fourth-order valence-corrected chi connectivity index (χ4v) is 7.36. The molecule has 0 aromatic heterocycles. The maximum absolute atomic E-state index is 13.2. The molecule has 0 heterocycles. The first kappa shape index (κ1) is 56.6. The van der Waals surface area contributed by atoms with Crippen molar-refractivity contribution in [2.24, 2.45) is 0 Å². The van der Waals surface area contributed by atoms with Gasteiger partial charge in [-0.2, -0.15) is 0 Å². The van der Waals surface area contributed by atoms with Crippen molar-refractivity contribution in [1.29, 1.82) is 0 Å². The number of rotatable bonds is 44. The van der Waals surface area contributed by atoms with Gasteiger partial charge in [-0.3, -0.25) is 9.59 Å². The van der Waals surface area contributed by atoms with Crippen molar-refractivity contribution in [3.8, 4) is 0 Å². The Bertz CT molecular complexity index is 1060. The van der Waals surface area contributed by atoms with Crippen molar-refractivity contribution in [2.45, 2.75) is 257 Å². The summed E-state index contributed by atoms with van der Waals surface area (Å²) >= 11 is 0. The number of aliphatic hydroxyl groups is 2. The number of ether oxygens (including phenoxy) is 1. The Balaban J connectivity index is 4.49. The zero-order valence-corrected chi connectivity index (χ0v) is 38.9. The summed E-state index contributed by atoms with van der Waals surface area (Å²) in [6.07, 6.45) is 57.1. The number of amides is 1. The first-order valence-electron chi connectivity index (χ1n) is 25.1.